The molecule has 2 N–H and O–H groups in total. The van der Waals surface area contributed by atoms with Crippen LogP contribution in [0.2, 0.25) is 0 Å². The first-order valence-corrected chi connectivity index (χ1v) is 8.62. The number of carbonyl (C=O) groups is 1. The molecule has 1 aromatic carbocycles. The number of para-hydroxylation sites is 1. The minimum atomic E-state index is -0.162. The maximum absolute atomic E-state index is 11.9. The van der Waals surface area contributed by atoms with E-state index in [1.165, 1.54) is 10.4 Å². The molecule has 2 atom stereocenters. The molecule has 0 saturated heterocycles. The average molecular weight is 331 g/mol. The van der Waals surface area contributed by atoms with Crippen LogP contribution in [0.4, 0.5) is 4.79 Å². The summed E-state index contributed by atoms with van der Waals surface area (Å²) in [6, 6.07) is 7.83. The largest absolute Gasteiger partial charge is 0.488 e. The second-order valence-electron chi connectivity index (χ2n) is 5.85. The number of ether oxygens (including phenoxy) is 1. The third kappa shape index (κ3) is 4.01. The molecule has 2 heterocycles. The van der Waals surface area contributed by atoms with Gasteiger partial charge in [-0.25, -0.2) is 9.78 Å². The standard InChI is InChI=1S/C17H21N3O2S/c1-11(16-18-9-12(2)23-16)8-19-17(21)20-10-14-7-13-5-3-4-6-15(13)22-14/h3-6,9,11,14H,7-8,10H2,1-2H3,(H2,19,20,21). The van der Waals surface area contributed by atoms with Gasteiger partial charge in [-0.3, -0.25) is 0 Å². The number of hydrogen-bond donors (Lipinski definition) is 2. The first-order chi connectivity index (χ1) is 11.1. The molecule has 1 aliphatic heterocycles. The summed E-state index contributed by atoms with van der Waals surface area (Å²) in [6.45, 7) is 5.18. The molecule has 0 bridgehead atoms. The van der Waals surface area contributed by atoms with E-state index in [1.54, 1.807) is 11.3 Å². The van der Waals surface area contributed by atoms with Crippen LogP contribution < -0.4 is 15.4 Å². The molecular formula is C17H21N3O2S. The Balaban J connectivity index is 1.39. The lowest BCUT2D eigenvalue weighted by atomic mass is 10.1. The zero-order chi connectivity index (χ0) is 16.2. The summed E-state index contributed by atoms with van der Waals surface area (Å²) in [7, 11) is 0. The van der Waals surface area contributed by atoms with Crippen LogP contribution in [0.1, 0.15) is 28.3 Å². The van der Waals surface area contributed by atoms with Gasteiger partial charge in [-0.1, -0.05) is 25.1 Å². The molecule has 0 radical (unpaired) electrons. The summed E-state index contributed by atoms with van der Waals surface area (Å²) < 4.78 is 5.80. The summed E-state index contributed by atoms with van der Waals surface area (Å²) in [4.78, 5) is 17.5. The smallest absolute Gasteiger partial charge is 0.314 e. The molecule has 2 unspecified atom stereocenters. The molecule has 1 aliphatic rings. The summed E-state index contributed by atoms with van der Waals surface area (Å²) in [5.41, 5.74) is 1.20. The molecule has 2 amide bonds. The van der Waals surface area contributed by atoms with Gasteiger partial charge >= 0.3 is 6.03 Å². The van der Waals surface area contributed by atoms with Crippen LogP contribution in [0.15, 0.2) is 30.5 Å². The SMILES string of the molecule is Cc1cnc(C(C)CNC(=O)NCC2Cc3ccccc3O2)s1. The van der Waals surface area contributed by atoms with Crippen molar-refractivity contribution in [2.24, 2.45) is 0 Å². The van der Waals surface area contributed by atoms with Gasteiger partial charge in [0.2, 0.25) is 0 Å². The van der Waals surface area contributed by atoms with Crippen molar-refractivity contribution in [1.82, 2.24) is 15.6 Å². The lowest BCUT2D eigenvalue weighted by molar-refractivity contribution is 0.213. The molecule has 0 fully saturated rings. The lowest BCUT2D eigenvalue weighted by Crippen LogP contribution is -2.42. The van der Waals surface area contributed by atoms with E-state index in [9.17, 15) is 4.79 Å². The molecule has 5 nitrogen and oxygen atoms in total. The van der Waals surface area contributed by atoms with Crippen LogP contribution in [-0.4, -0.2) is 30.2 Å². The molecule has 122 valence electrons. The number of nitrogens with zero attached hydrogens (tertiary/aromatic N) is 1. The third-order valence-electron chi connectivity index (χ3n) is 3.83. The normalized spacial score (nSPS) is 17.2. The Labute approximate surface area is 140 Å². The number of carbonyl (C=O) groups excluding carboxylic acids is 1. The first kappa shape index (κ1) is 15.8. The third-order valence-corrected chi connectivity index (χ3v) is 4.98. The van der Waals surface area contributed by atoms with Crippen molar-refractivity contribution in [2.75, 3.05) is 13.1 Å². The number of fused-ring (bicyclic) bond motifs is 1. The van der Waals surface area contributed by atoms with Gasteiger partial charge in [0.1, 0.15) is 11.9 Å². The molecule has 0 aliphatic carbocycles. The number of rotatable bonds is 5. The number of aryl methyl sites for hydroxylation is 1. The maximum Gasteiger partial charge on any atom is 0.314 e. The summed E-state index contributed by atoms with van der Waals surface area (Å²) in [5, 5.41) is 6.83. The second-order valence-corrected chi connectivity index (χ2v) is 7.12. The molecule has 1 aromatic heterocycles. The Morgan fingerprint density at radius 3 is 3.00 bits per heavy atom. The van der Waals surface area contributed by atoms with Crippen molar-refractivity contribution in [3.63, 3.8) is 0 Å². The van der Waals surface area contributed by atoms with Gasteiger partial charge in [-0.05, 0) is 18.6 Å². The van der Waals surface area contributed by atoms with E-state index < -0.39 is 0 Å². The Morgan fingerprint density at radius 1 is 1.43 bits per heavy atom. The zero-order valence-corrected chi connectivity index (χ0v) is 14.2. The highest BCUT2D eigenvalue weighted by molar-refractivity contribution is 7.11. The van der Waals surface area contributed by atoms with E-state index in [0.29, 0.717) is 13.1 Å². The Hall–Kier alpha value is -2.08. The molecule has 6 heteroatoms. The fourth-order valence-corrected chi connectivity index (χ4v) is 3.40. The van der Waals surface area contributed by atoms with Gasteiger partial charge in [0, 0.05) is 30.0 Å². The Morgan fingerprint density at radius 2 is 2.26 bits per heavy atom. The van der Waals surface area contributed by atoms with E-state index in [4.69, 9.17) is 4.74 Å². The van der Waals surface area contributed by atoms with Crippen molar-refractivity contribution in [3.05, 3.63) is 45.9 Å². The van der Waals surface area contributed by atoms with Gasteiger partial charge in [-0.15, -0.1) is 11.3 Å². The number of benzene rings is 1. The predicted molar refractivity (Wildman–Crippen MR) is 91.2 cm³/mol. The molecule has 3 rings (SSSR count). The van der Waals surface area contributed by atoms with E-state index in [1.807, 2.05) is 31.3 Å². The molecule has 2 aromatic rings. The number of amides is 2. The van der Waals surface area contributed by atoms with Gasteiger partial charge in [-0.2, -0.15) is 0 Å². The molecular weight excluding hydrogens is 310 g/mol. The fourth-order valence-electron chi connectivity index (χ4n) is 2.57. The van der Waals surface area contributed by atoms with Crippen LogP contribution in [0.5, 0.6) is 5.75 Å². The Kier molecular flexibility index (Phi) is 4.81. The summed E-state index contributed by atoms with van der Waals surface area (Å²) >= 11 is 1.67. The van der Waals surface area contributed by atoms with Gasteiger partial charge < -0.3 is 15.4 Å². The topological polar surface area (TPSA) is 63.2 Å². The highest BCUT2D eigenvalue weighted by atomic mass is 32.1. The number of nitrogens with one attached hydrogen (secondary N) is 2. The quantitative estimate of drug-likeness (QED) is 0.885. The van der Waals surface area contributed by atoms with Crippen molar-refractivity contribution < 1.29 is 9.53 Å². The van der Waals surface area contributed by atoms with Gasteiger partial charge in [0.15, 0.2) is 0 Å². The second kappa shape index (κ2) is 7.00. The van der Waals surface area contributed by atoms with Crippen LogP contribution in [0, 0.1) is 6.92 Å². The average Bonchev–Trinajstić information content (AvgIpc) is 3.16. The lowest BCUT2D eigenvalue weighted by Gasteiger charge is -2.14. The molecule has 23 heavy (non-hydrogen) atoms. The van der Waals surface area contributed by atoms with E-state index in [2.05, 4.69) is 28.6 Å². The highest BCUT2D eigenvalue weighted by Crippen LogP contribution is 2.27. The number of thiazole rings is 1. The van der Waals surface area contributed by atoms with E-state index >= 15 is 0 Å². The predicted octanol–water partition coefficient (Wildman–Crippen LogP) is 2.86. The van der Waals surface area contributed by atoms with Crippen molar-refractivity contribution in [3.8, 4) is 5.75 Å². The van der Waals surface area contributed by atoms with E-state index in [-0.39, 0.29) is 18.1 Å². The fraction of sp³-hybridized carbons (Fsp3) is 0.412. The minimum Gasteiger partial charge on any atom is -0.488 e. The number of hydrogen-bond acceptors (Lipinski definition) is 4. The minimum absolute atomic E-state index is 0.0113. The summed E-state index contributed by atoms with van der Waals surface area (Å²) in [5.74, 6) is 1.14. The van der Waals surface area contributed by atoms with Crippen LogP contribution >= 0.6 is 11.3 Å². The first-order valence-electron chi connectivity index (χ1n) is 7.80. The monoisotopic (exact) mass is 331 g/mol. The molecule has 0 saturated carbocycles. The van der Waals surface area contributed by atoms with Crippen molar-refractivity contribution in [2.45, 2.75) is 32.3 Å². The number of urea groups is 1. The summed E-state index contributed by atoms with van der Waals surface area (Å²) in [6.07, 6.45) is 2.72. The van der Waals surface area contributed by atoms with Crippen molar-refractivity contribution >= 4 is 17.4 Å². The Bertz CT molecular complexity index is 661. The zero-order valence-electron chi connectivity index (χ0n) is 13.3. The van der Waals surface area contributed by atoms with Gasteiger partial charge in [0.05, 0.1) is 11.6 Å². The highest BCUT2D eigenvalue weighted by Gasteiger charge is 2.22. The maximum atomic E-state index is 11.9. The molecule has 0 spiro atoms. The number of aromatic nitrogens is 1. The van der Waals surface area contributed by atoms with E-state index in [0.717, 1.165) is 17.2 Å². The van der Waals surface area contributed by atoms with Gasteiger partial charge in [0.25, 0.3) is 0 Å². The van der Waals surface area contributed by atoms with Crippen LogP contribution in [0.3, 0.4) is 0 Å². The van der Waals surface area contributed by atoms with Crippen LogP contribution in [0.25, 0.3) is 0 Å². The van der Waals surface area contributed by atoms with Crippen molar-refractivity contribution in [1.29, 1.82) is 0 Å². The van der Waals surface area contributed by atoms with Crippen LogP contribution in [-0.2, 0) is 6.42 Å².